The van der Waals surface area contributed by atoms with Gasteiger partial charge in [0, 0.05) is 30.7 Å². The van der Waals surface area contributed by atoms with Gasteiger partial charge in [-0.1, -0.05) is 26.0 Å². The average molecular weight is 876 g/mol. The summed E-state index contributed by atoms with van der Waals surface area (Å²) in [5.74, 6) is -6.83. The Morgan fingerprint density at radius 2 is 1.80 bits per heavy atom. The van der Waals surface area contributed by atoms with Crippen molar-refractivity contribution in [2.75, 3.05) is 13.7 Å². The predicted molar refractivity (Wildman–Crippen MR) is 222 cm³/mol. The van der Waals surface area contributed by atoms with Gasteiger partial charge in [0.15, 0.2) is 0 Å². The number of amides is 4. The molecule has 3 fully saturated rings. The molecule has 1 saturated heterocycles. The molecule has 0 unspecified atom stereocenters. The van der Waals surface area contributed by atoms with Crippen molar-refractivity contribution in [3.63, 3.8) is 0 Å². The SMILES string of the molecule is COc1ccc2c(O[C@@H]3C[C@H]4C(=O)N[C@]5(C(=O)NS(=O)(=O)C6(C)CC6)C[C@H]5C=CCC[C@H](C)C[C@@H](C)[C@H](N(C(=O)O)C(C)(C)C(C)(F)F)C(=O)N4C3)nc(OC(C)C)cc2c1. The molecule has 4 aliphatic rings. The summed E-state index contributed by atoms with van der Waals surface area (Å²) in [6.07, 6.45) is 2.67. The molecule has 0 radical (unpaired) electrons. The number of fused-ring (bicyclic) bond motifs is 3. The number of carboxylic acid groups (broad SMARTS) is 1. The summed E-state index contributed by atoms with van der Waals surface area (Å²) >= 11 is 0. The third kappa shape index (κ3) is 9.10. The van der Waals surface area contributed by atoms with Crippen LogP contribution in [0.3, 0.4) is 0 Å². The summed E-state index contributed by atoms with van der Waals surface area (Å²) in [6.45, 7) is 11.2. The molecular formula is C43H59F2N5O10S. The molecule has 7 atom stereocenters. The van der Waals surface area contributed by atoms with E-state index in [1.165, 1.54) is 14.0 Å². The van der Waals surface area contributed by atoms with Gasteiger partial charge in [-0.05, 0) is 109 Å². The number of methoxy groups -OCH3 is 1. The van der Waals surface area contributed by atoms with E-state index in [2.05, 4.69) is 15.0 Å². The van der Waals surface area contributed by atoms with Crippen LogP contribution in [0, 0.1) is 17.8 Å². The number of sulfonamides is 1. The van der Waals surface area contributed by atoms with E-state index < -0.39 is 85.6 Å². The van der Waals surface area contributed by atoms with Gasteiger partial charge in [-0.2, -0.15) is 4.98 Å². The summed E-state index contributed by atoms with van der Waals surface area (Å²) in [5.41, 5.74) is -4.07. The first-order valence-electron chi connectivity index (χ1n) is 20.9. The highest BCUT2D eigenvalue weighted by molar-refractivity contribution is 7.91. The lowest BCUT2D eigenvalue weighted by atomic mass is 9.84. The number of benzene rings is 1. The van der Waals surface area contributed by atoms with Crippen molar-refractivity contribution in [1.82, 2.24) is 24.8 Å². The molecule has 4 amide bonds. The smallest absolute Gasteiger partial charge is 0.408 e. The van der Waals surface area contributed by atoms with Crippen LogP contribution in [0.5, 0.6) is 17.5 Å². The van der Waals surface area contributed by atoms with E-state index in [4.69, 9.17) is 14.2 Å². The van der Waals surface area contributed by atoms with E-state index >= 15 is 13.6 Å². The molecule has 15 nitrogen and oxygen atoms in total. The Morgan fingerprint density at radius 1 is 1.11 bits per heavy atom. The molecular weight excluding hydrogens is 817 g/mol. The van der Waals surface area contributed by atoms with Crippen molar-refractivity contribution in [1.29, 1.82) is 0 Å². The zero-order chi connectivity index (χ0) is 45.0. The minimum absolute atomic E-state index is 0.0810. The molecule has 6 rings (SSSR count). The van der Waals surface area contributed by atoms with E-state index in [9.17, 15) is 27.9 Å². The van der Waals surface area contributed by atoms with Crippen LogP contribution in [0.25, 0.3) is 10.8 Å². The zero-order valence-electron chi connectivity index (χ0n) is 36.3. The number of pyridine rings is 1. The Labute approximate surface area is 356 Å². The summed E-state index contributed by atoms with van der Waals surface area (Å²) in [6, 6.07) is 3.83. The monoisotopic (exact) mass is 875 g/mol. The Balaban J connectivity index is 1.44. The van der Waals surface area contributed by atoms with Crippen LogP contribution in [0.4, 0.5) is 13.6 Å². The molecule has 336 valence electrons. The molecule has 0 spiro atoms. The van der Waals surface area contributed by atoms with Crippen LogP contribution in [0.2, 0.25) is 0 Å². The topological polar surface area (TPSA) is 194 Å². The lowest BCUT2D eigenvalue weighted by Crippen LogP contribution is -2.66. The van der Waals surface area contributed by atoms with Gasteiger partial charge in [0.25, 0.3) is 11.8 Å². The van der Waals surface area contributed by atoms with Gasteiger partial charge < -0.3 is 29.5 Å². The third-order valence-corrected chi connectivity index (χ3v) is 15.1. The highest BCUT2D eigenvalue weighted by Crippen LogP contribution is 2.48. The quantitative estimate of drug-likeness (QED) is 0.223. The van der Waals surface area contributed by atoms with E-state index in [0.717, 1.165) is 18.7 Å². The first-order chi connectivity index (χ1) is 28.3. The molecule has 2 aliphatic heterocycles. The van der Waals surface area contributed by atoms with Gasteiger partial charge in [0.05, 0.1) is 24.5 Å². The number of alkyl halides is 2. The number of hydrogen-bond donors (Lipinski definition) is 3. The fourth-order valence-corrected chi connectivity index (χ4v) is 9.83. The fraction of sp³-hybridized carbons (Fsp3) is 0.651. The van der Waals surface area contributed by atoms with Gasteiger partial charge in [0.2, 0.25) is 33.6 Å². The minimum atomic E-state index is -4.10. The van der Waals surface area contributed by atoms with Crippen LogP contribution in [-0.2, 0) is 24.4 Å². The molecule has 3 N–H and O–H groups in total. The zero-order valence-corrected chi connectivity index (χ0v) is 37.1. The van der Waals surface area contributed by atoms with Crippen LogP contribution < -0.4 is 24.2 Å². The van der Waals surface area contributed by atoms with Crippen LogP contribution in [0.1, 0.15) is 100 Å². The van der Waals surface area contributed by atoms with Gasteiger partial charge in [-0.15, -0.1) is 0 Å². The number of carbonyl (C=O) groups is 4. The number of ether oxygens (including phenoxy) is 3. The van der Waals surface area contributed by atoms with E-state index in [1.807, 2.05) is 26.8 Å². The van der Waals surface area contributed by atoms with E-state index in [-0.39, 0.29) is 49.6 Å². The fourth-order valence-electron chi connectivity index (χ4n) is 8.52. The summed E-state index contributed by atoms with van der Waals surface area (Å²) < 4.78 is 76.4. The maximum Gasteiger partial charge on any atom is 0.408 e. The molecule has 3 heterocycles. The van der Waals surface area contributed by atoms with Crippen LogP contribution in [0.15, 0.2) is 36.4 Å². The van der Waals surface area contributed by atoms with E-state index in [1.54, 1.807) is 37.3 Å². The number of halogens is 2. The maximum atomic E-state index is 15.4. The molecule has 18 heteroatoms. The van der Waals surface area contributed by atoms with E-state index in [0.29, 0.717) is 54.0 Å². The van der Waals surface area contributed by atoms with Crippen molar-refractivity contribution in [2.24, 2.45) is 17.8 Å². The second-order valence-electron chi connectivity index (χ2n) is 18.5. The van der Waals surface area contributed by atoms with Gasteiger partial charge in [-0.3, -0.25) is 24.0 Å². The van der Waals surface area contributed by atoms with Gasteiger partial charge in [0.1, 0.15) is 35.0 Å². The van der Waals surface area contributed by atoms with Crippen molar-refractivity contribution >= 4 is 44.6 Å². The normalized spacial score (nSPS) is 28.2. The molecule has 0 bridgehead atoms. The van der Waals surface area contributed by atoms with Crippen molar-refractivity contribution in [3.05, 3.63) is 36.4 Å². The number of allylic oxidation sites excluding steroid dienone is 1. The van der Waals surface area contributed by atoms with Gasteiger partial charge in [-0.25, -0.2) is 22.0 Å². The number of rotatable bonds is 11. The Hall–Kier alpha value is -4.74. The van der Waals surface area contributed by atoms with Crippen LogP contribution in [-0.4, -0.2) is 112 Å². The molecule has 61 heavy (non-hydrogen) atoms. The summed E-state index contributed by atoms with van der Waals surface area (Å²) in [4.78, 5) is 63.5. The maximum absolute atomic E-state index is 15.4. The lowest BCUT2D eigenvalue weighted by Gasteiger charge is -2.47. The molecule has 1 aromatic carbocycles. The first kappa shape index (κ1) is 45.8. The molecule has 2 aromatic rings. The predicted octanol–water partition coefficient (Wildman–Crippen LogP) is 6.05. The molecule has 1 aromatic heterocycles. The minimum Gasteiger partial charge on any atom is -0.497 e. The number of aromatic nitrogens is 1. The van der Waals surface area contributed by atoms with Crippen LogP contribution >= 0.6 is 0 Å². The largest absolute Gasteiger partial charge is 0.497 e. The third-order valence-electron chi connectivity index (χ3n) is 13.0. The number of nitrogens with one attached hydrogen (secondary N) is 2. The second-order valence-corrected chi connectivity index (χ2v) is 20.7. The number of carbonyl (C=O) groups excluding carboxylic acids is 3. The Kier molecular flexibility index (Phi) is 12.4. The highest BCUT2D eigenvalue weighted by Gasteiger charge is 2.63. The lowest BCUT2D eigenvalue weighted by molar-refractivity contribution is -0.156. The standard InChI is InChI=1S/C43H59F2N5O10S/c1-24(2)59-33-20-27-19-29(58-9)14-15-31(27)36(46-33)60-30-21-32-35(51)47-43(38(53)48-61(56,57)41(7)16-17-41)22-28(43)13-11-10-12-25(3)18-26(4)34(37(52)49(32)23-30)50(39(54)55)40(5,6)42(8,44)45/h11,13-15,19-20,24-26,28,30,32,34H,10,12,16-18,21-23H2,1-9H3,(H,47,51)(H,48,53)(H,54,55)/t25-,26+,28+,30+,32-,34-,43+/m0/s1. The average Bonchev–Trinajstić information content (AvgIpc) is 4.03. The highest BCUT2D eigenvalue weighted by atomic mass is 32.2. The Bertz CT molecular complexity index is 2190. The summed E-state index contributed by atoms with van der Waals surface area (Å²) in [7, 11) is -2.58. The van der Waals surface area contributed by atoms with Crippen molar-refractivity contribution < 1.29 is 55.7 Å². The Morgan fingerprint density at radius 3 is 2.41 bits per heavy atom. The second kappa shape index (κ2) is 16.5. The number of nitrogens with zero attached hydrogens (tertiary/aromatic N) is 3. The summed E-state index contributed by atoms with van der Waals surface area (Å²) in [5, 5.41) is 14.7. The van der Waals surface area contributed by atoms with Crippen molar-refractivity contribution in [2.45, 2.75) is 146 Å². The van der Waals surface area contributed by atoms with Crippen molar-refractivity contribution in [3.8, 4) is 17.5 Å². The first-order valence-corrected chi connectivity index (χ1v) is 22.4. The molecule has 2 aliphatic carbocycles. The molecule has 2 saturated carbocycles. The number of hydrogen-bond acceptors (Lipinski definition) is 10. The van der Waals surface area contributed by atoms with Gasteiger partial charge >= 0.3 is 6.09 Å².